The van der Waals surface area contributed by atoms with E-state index in [4.69, 9.17) is 17.5 Å². The number of nitrogens with two attached hydrogens (primary N) is 3. The maximum absolute atomic E-state index is 6.33. The fourth-order valence-electron chi connectivity index (χ4n) is 2.89. The van der Waals surface area contributed by atoms with E-state index in [-0.39, 0.29) is 0 Å². The van der Waals surface area contributed by atoms with Crippen LogP contribution in [-0.2, 0) is 0 Å². The van der Waals surface area contributed by atoms with Gasteiger partial charge in [-0.05, 0) is 0 Å². The molecule has 0 aromatic rings. The lowest BCUT2D eigenvalue weighted by Gasteiger charge is -2.48. The molecule has 0 aliphatic heterocycles. The summed E-state index contributed by atoms with van der Waals surface area (Å²) in [6.45, 7) is 3.82. The van der Waals surface area contributed by atoms with Crippen molar-refractivity contribution in [3.05, 3.63) is 12.7 Å². The van der Waals surface area contributed by atoms with E-state index >= 15 is 0 Å². The lowest BCUT2D eigenvalue weighted by atomic mass is 10.8. The van der Waals surface area contributed by atoms with Gasteiger partial charge in [0, 0.05) is 0 Å². The Labute approximate surface area is 100 Å². The second kappa shape index (κ2) is 4.19. The van der Waals surface area contributed by atoms with Gasteiger partial charge in [-0.25, -0.2) is 12.8 Å². The Hall–Kier alpha value is -0.283. The molecule has 0 atom stereocenters. The Kier molecular flexibility index (Phi) is 4.11. The number of hydrogen-bond acceptors (Lipinski definition) is 3. The van der Waals surface area contributed by atoms with Gasteiger partial charge in [0.15, 0.2) is 0 Å². The maximum Gasteiger partial charge on any atom is 0.823 e. The molecule has 0 bridgehead atoms. The molecule has 7 heteroatoms. The van der Waals surface area contributed by atoms with Gasteiger partial charge in [0.2, 0.25) is 0 Å². The number of quaternary nitrogens is 3. The fraction of sp³-hybridized carbons (Fsp3) is 0.778. The highest BCUT2D eigenvalue weighted by Crippen LogP contribution is 2.28. The molecule has 0 spiro atoms. The normalized spacial score (nSPS) is 15.1. The van der Waals surface area contributed by atoms with Crippen LogP contribution in [0, 0.1) is 0 Å². The van der Waals surface area contributed by atoms with Crippen LogP contribution < -0.4 is 17.5 Å². The first-order valence-electron chi connectivity index (χ1n) is 5.30. The van der Waals surface area contributed by atoms with Crippen LogP contribution in [-0.4, -0.2) is 63.6 Å². The average Bonchev–Trinajstić information content (AvgIpc) is 1.91. The molecule has 6 N–H and O–H groups in total. The molecule has 0 aliphatic rings. The van der Waals surface area contributed by atoms with Crippen molar-refractivity contribution >= 4 is 8.56 Å². The maximum atomic E-state index is 6.33. The summed E-state index contributed by atoms with van der Waals surface area (Å²) in [5, 5.41) is 0. The molecule has 16 heavy (non-hydrogen) atoms. The van der Waals surface area contributed by atoms with Crippen LogP contribution in [0.25, 0.3) is 0 Å². The molecule has 0 aliphatic carbocycles. The van der Waals surface area contributed by atoms with Gasteiger partial charge in [0.05, 0.1) is 42.3 Å². The highest BCUT2D eigenvalue weighted by molar-refractivity contribution is 6.58. The van der Waals surface area contributed by atoms with Gasteiger partial charge in [-0.1, -0.05) is 6.08 Å². The van der Waals surface area contributed by atoms with Crippen LogP contribution >= 0.6 is 0 Å². The average molecular weight is 249 g/mol. The van der Waals surface area contributed by atoms with Crippen molar-refractivity contribution in [1.29, 1.82) is 0 Å². The standard InChI is InChI=1S/C9H29N6Si/c1-8-9-16(13(2,3)10,14(4,5)11)15(6,7)12/h8H,1,9-12H2,2-7H3/q+3. The van der Waals surface area contributed by atoms with Crippen molar-refractivity contribution in [2.75, 3.05) is 42.3 Å². The first-order chi connectivity index (χ1) is 6.81. The van der Waals surface area contributed by atoms with Crippen molar-refractivity contribution in [3.63, 3.8) is 0 Å². The SMILES string of the molecule is C=CC[Si]([N+](C)(C)N)([N+](C)(C)N)[N+](C)(C)N. The Bertz CT molecular complexity index is 221. The lowest BCUT2D eigenvalue weighted by Crippen LogP contribution is -2.94. The van der Waals surface area contributed by atoms with Crippen LogP contribution in [0.2, 0.25) is 6.04 Å². The van der Waals surface area contributed by atoms with E-state index in [1.54, 1.807) is 0 Å². The van der Waals surface area contributed by atoms with Crippen LogP contribution in [0.4, 0.5) is 0 Å². The summed E-state index contributed by atoms with van der Waals surface area (Å²) in [5.74, 6) is 19.0. The Balaban J connectivity index is 5.92. The third-order valence-electron chi connectivity index (χ3n) is 3.19. The van der Waals surface area contributed by atoms with E-state index < -0.39 is 8.56 Å². The molecule has 0 rings (SSSR count). The first kappa shape index (κ1) is 15.7. The molecule has 0 radical (unpaired) electrons. The quantitative estimate of drug-likeness (QED) is 0.252. The Morgan fingerprint density at radius 2 is 1.12 bits per heavy atom. The van der Waals surface area contributed by atoms with Gasteiger partial charge in [0.25, 0.3) is 0 Å². The number of rotatable bonds is 5. The highest BCUT2D eigenvalue weighted by Gasteiger charge is 2.81. The molecule has 96 valence electrons. The van der Waals surface area contributed by atoms with Gasteiger partial charge < -0.3 is 0 Å². The molecule has 0 aromatic carbocycles. The van der Waals surface area contributed by atoms with Crippen LogP contribution in [0.5, 0.6) is 0 Å². The van der Waals surface area contributed by atoms with Gasteiger partial charge in [0.1, 0.15) is 6.04 Å². The summed E-state index contributed by atoms with van der Waals surface area (Å²) < 4.78 is 0.893. The molecule has 0 unspecified atom stereocenters. The summed E-state index contributed by atoms with van der Waals surface area (Å²) in [4.78, 5) is 0. The smallest absolute Gasteiger partial charge is 0.211 e. The first-order valence-corrected chi connectivity index (χ1v) is 7.35. The van der Waals surface area contributed by atoms with Crippen LogP contribution in [0.15, 0.2) is 12.7 Å². The van der Waals surface area contributed by atoms with Gasteiger partial charge in [-0.2, -0.15) is 17.5 Å². The number of allylic oxidation sites excluding steroid dienone is 1. The summed E-state index contributed by atoms with van der Waals surface area (Å²) in [5.41, 5.74) is 0. The second-order valence-corrected chi connectivity index (χ2v) is 11.3. The van der Waals surface area contributed by atoms with E-state index in [9.17, 15) is 0 Å². The van der Waals surface area contributed by atoms with Crippen molar-refractivity contribution in [2.24, 2.45) is 17.5 Å². The van der Waals surface area contributed by atoms with Crippen LogP contribution in [0.3, 0.4) is 0 Å². The van der Waals surface area contributed by atoms with Crippen molar-refractivity contribution in [2.45, 2.75) is 6.04 Å². The third kappa shape index (κ3) is 2.35. The minimum Gasteiger partial charge on any atom is -0.211 e. The molecule has 6 nitrogen and oxygen atoms in total. The van der Waals surface area contributed by atoms with Crippen molar-refractivity contribution in [3.8, 4) is 0 Å². The van der Waals surface area contributed by atoms with Gasteiger partial charge in [-0.3, -0.25) is 0 Å². The molecule has 0 heterocycles. The Morgan fingerprint density at radius 3 is 1.19 bits per heavy atom. The van der Waals surface area contributed by atoms with E-state index in [2.05, 4.69) is 6.58 Å². The summed E-state index contributed by atoms with van der Waals surface area (Å²) in [6.07, 6.45) is 1.87. The Morgan fingerprint density at radius 1 is 0.875 bits per heavy atom. The predicted molar refractivity (Wildman–Crippen MR) is 69.6 cm³/mol. The molecule has 0 amide bonds. The van der Waals surface area contributed by atoms with Gasteiger partial charge in [-0.15, -0.1) is 6.58 Å². The van der Waals surface area contributed by atoms with Crippen molar-refractivity contribution < 1.29 is 12.8 Å². The predicted octanol–water partition coefficient (Wildman–Crippen LogP) is -1.04. The van der Waals surface area contributed by atoms with E-state index in [1.165, 1.54) is 0 Å². The zero-order valence-corrected chi connectivity index (χ0v) is 12.6. The fourth-order valence-corrected chi connectivity index (χ4v) is 8.68. The summed E-state index contributed by atoms with van der Waals surface area (Å²) in [7, 11) is 9.35. The molecule has 0 aromatic heterocycles. The number of nitrogens with zero attached hydrogens (tertiary/aromatic N) is 3. The molecule has 0 fully saturated rings. The number of hydrogen-bond donors (Lipinski definition) is 3. The molecular formula is C9H29N6Si+3. The van der Waals surface area contributed by atoms with Crippen LogP contribution in [0.1, 0.15) is 0 Å². The summed E-state index contributed by atoms with van der Waals surface area (Å²) in [6, 6.07) is 0.753. The molecule has 0 saturated heterocycles. The molecule has 0 saturated carbocycles. The summed E-state index contributed by atoms with van der Waals surface area (Å²) >= 11 is 0. The molecular weight excluding hydrogens is 220 g/mol. The highest BCUT2D eigenvalue weighted by atomic mass is 28.4. The third-order valence-corrected chi connectivity index (χ3v) is 9.56. The monoisotopic (exact) mass is 249 g/mol. The minimum absolute atomic E-state index is 0.298. The van der Waals surface area contributed by atoms with E-state index in [0.717, 1.165) is 6.04 Å². The van der Waals surface area contributed by atoms with Crippen molar-refractivity contribution in [1.82, 2.24) is 0 Å². The lowest BCUT2D eigenvalue weighted by molar-refractivity contribution is -1.03. The minimum atomic E-state index is -2.37. The zero-order chi connectivity index (χ0) is 13.4. The van der Waals surface area contributed by atoms with Gasteiger partial charge >= 0.3 is 8.56 Å². The largest absolute Gasteiger partial charge is 0.823 e. The van der Waals surface area contributed by atoms with E-state index in [0.29, 0.717) is 12.8 Å². The topological polar surface area (TPSA) is 78.1 Å². The zero-order valence-electron chi connectivity index (χ0n) is 11.6. The van der Waals surface area contributed by atoms with E-state index in [1.807, 2.05) is 48.4 Å². The second-order valence-electron chi connectivity index (χ2n) is 5.89.